The van der Waals surface area contributed by atoms with E-state index in [9.17, 15) is 9.59 Å². The molecule has 29 heavy (non-hydrogen) atoms. The highest BCUT2D eigenvalue weighted by atomic mass is 32.2. The Balaban J connectivity index is 1.72. The van der Waals surface area contributed by atoms with E-state index in [0.29, 0.717) is 17.3 Å². The Kier molecular flexibility index (Phi) is 6.48. The van der Waals surface area contributed by atoms with Crippen molar-refractivity contribution in [1.29, 1.82) is 0 Å². The van der Waals surface area contributed by atoms with Gasteiger partial charge >= 0.3 is 5.97 Å². The molecule has 0 aliphatic heterocycles. The second-order valence-electron chi connectivity index (χ2n) is 6.63. The predicted molar refractivity (Wildman–Crippen MR) is 109 cm³/mol. The highest BCUT2D eigenvalue weighted by molar-refractivity contribution is 7.99. The summed E-state index contributed by atoms with van der Waals surface area (Å²) in [6.45, 7) is 6.28. The van der Waals surface area contributed by atoms with E-state index in [1.54, 1.807) is 4.68 Å². The molecular formula is C20H23N5O3S. The lowest BCUT2D eigenvalue weighted by molar-refractivity contribution is -0.140. The van der Waals surface area contributed by atoms with Crippen molar-refractivity contribution in [1.82, 2.24) is 24.8 Å². The van der Waals surface area contributed by atoms with Crippen LogP contribution in [0.2, 0.25) is 0 Å². The van der Waals surface area contributed by atoms with E-state index in [1.807, 2.05) is 55.7 Å². The van der Waals surface area contributed by atoms with Crippen LogP contribution >= 0.6 is 11.8 Å². The minimum absolute atomic E-state index is 0.00764. The summed E-state index contributed by atoms with van der Waals surface area (Å²) in [7, 11) is 1.37. The fraction of sp³-hybridized carbons (Fsp3) is 0.350. The Bertz CT molecular complexity index is 1040. The molecule has 0 N–H and O–H groups in total. The molecular weight excluding hydrogens is 390 g/mol. The van der Waals surface area contributed by atoms with E-state index < -0.39 is 0 Å². The fourth-order valence-corrected chi connectivity index (χ4v) is 3.93. The van der Waals surface area contributed by atoms with Crippen LogP contribution in [0.5, 0.6) is 0 Å². The maximum atomic E-state index is 12.8. The Morgan fingerprint density at radius 3 is 2.66 bits per heavy atom. The molecule has 152 valence electrons. The number of para-hydroxylation sites is 1. The number of hydrogen-bond acceptors (Lipinski definition) is 7. The van der Waals surface area contributed by atoms with Crippen LogP contribution in [0.1, 0.15) is 33.7 Å². The number of hydrogen-bond donors (Lipinski definition) is 0. The highest BCUT2D eigenvalue weighted by Gasteiger charge is 2.18. The molecule has 0 fully saturated rings. The summed E-state index contributed by atoms with van der Waals surface area (Å²) in [5.74, 6) is -0.0659. The number of thioether (sulfide) groups is 1. The van der Waals surface area contributed by atoms with Gasteiger partial charge < -0.3 is 9.30 Å². The number of aromatic nitrogens is 5. The summed E-state index contributed by atoms with van der Waals surface area (Å²) in [6.07, 6.45) is 0.264. The van der Waals surface area contributed by atoms with Gasteiger partial charge in [-0.05, 0) is 48.9 Å². The number of esters is 1. The van der Waals surface area contributed by atoms with Crippen molar-refractivity contribution in [3.05, 3.63) is 52.8 Å². The van der Waals surface area contributed by atoms with E-state index in [0.717, 1.165) is 22.6 Å². The van der Waals surface area contributed by atoms with Crippen LogP contribution in [0.4, 0.5) is 0 Å². The number of carbonyl (C=O) groups excluding carboxylic acids is 2. The summed E-state index contributed by atoms with van der Waals surface area (Å²) < 4.78 is 8.31. The number of ketones is 1. The van der Waals surface area contributed by atoms with Gasteiger partial charge in [-0.15, -0.1) is 5.10 Å². The molecule has 3 rings (SSSR count). The third kappa shape index (κ3) is 4.56. The summed E-state index contributed by atoms with van der Waals surface area (Å²) in [5, 5.41) is 12.4. The molecule has 0 atom stereocenters. The van der Waals surface area contributed by atoms with Gasteiger partial charge in [-0.3, -0.25) is 9.59 Å². The molecule has 0 saturated carbocycles. The average molecular weight is 414 g/mol. The Hall–Kier alpha value is -2.94. The van der Waals surface area contributed by atoms with E-state index >= 15 is 0 Å². The zero-order valence-corrected chi connectivity index (χ0v) is 17.7. The molecule has 0 saturated heterocycles. The van der Waals surface area contributed by atoms with Crippen LogP contribution in [0.15, 0.2) is 35.5 Å². The molecule has 0 amide bonds. The molecule has 2 heterocycles. The van der Waals surface area contributed by atoms with E-state index in [4.69, 9.17) is 4.74 Å². The first-order valence-electron chi connectivity index (χ1n) is 9.16. The van der Waals surface area contributed by atoms with Gasteiger partial charge in [0.2, 0.25) is 5.16 Å². The topological polar surface area (TPSA) is 91.9 Å². The number of tetrazole rings is 1. The summed E-state index contributed by atoms with van der Waals surface area (Å²) >= 11 is 1.30. The molecule has 0 aliphatic carbocycles. The largest absolute Gasteiger partial charge is 0.469 e. The maximum absolute atomic E-state index is 12.8. The standard InChI is InChI=1S/C20H23N5O3S/c1-13-7-5-6-8-17(13)25-20(21-22-23-25)29-12-18(26)16-11-14(2)24(15(16)3)10-9-19(27)28-4/h5-8,11H,9-10,12H2,1-4H3. The number of benzene rings is 1. The number of nitrogens with zero attached hydrogens (tertiary/aromatic N) is 5. The normalized spacial score (nSPS) is 10.9. The number of ether oxygens (including phenoxy) is 1. The second-order valence-corrected chi connectivity index (χ2v) is 7.58. The zero-order valence-electron chi connectivity index (χ0n) is 16.9. The van der Waals surface area contributed by atoms with Crippen molar-refractivity contribution >= 4 is 23.5 Å². The molecule has 0 aliphatic rings. The van der Waals surface area contributed by atoms with Gasteiger partial charge in [0.25, 0.3) is 0 Å². The summed E-state index contributed by atoms with van der Waals surface area (Å²) in [6, 6.07) is 9.66. The van der Waals surface area contributed by atoms with Crippen LogP contribution in [0.25, 0.3) is 5.69 Å². The van der Waals surface area contributed by atoms with Crippen LogP contribution < -0.4 is 0 Å². The number of methoxy groups -OCH3 is 1. The lowest BCUT2D eigenvalue weighted by Gasteiger charge is -2.09. The van der Waals surface area contributed by atoms with Gasteiger partial charge in [0.05, 0.1) is 25.0 Å². The van der Waals surface area contributed by atoms with E-state index in [2.05, 4.69) is 15.5 Å². The number of aryl methyl sites for hydroxylation is 2. The van der Waals surface area contributed by atoms with Crippen molar-refractivity contribution in [2.75, 3.05) is 12.9 Å². The number of rotatable bonds is 8. The second kappa shape index (κ2) is 9.04. The Morgan fingerprint density at radius 1 is 1.17 bits per heavy atom. The lowest BCUT2D eigenvalue weighted by atomic mass is 10.2. The molecule has 2 aromatic heterocycles. The van der Waals surface area contributed by atoms with Crippen molar-refractivity contribution in [2.45, 2.75) is 38.9 Å². The van der Waals surface area contributed by atoms with Gasteiger partial charge in [0.15, 0.2) is 5.78 Å². The fourth-order valence-electron chi connectivity index (χ4n) is 3.16. The summed E-state index contributed by atoms with van der Waals surface area (Å²) in [5.41, 5.74) is 4.35. The van der Waals surface area contributed by atoms with Gasteiger partial charge in [-0.25, -0.2) is 0 Å². The number of carbonyl (C=O) groups is 2. The molecule has 0 unspecified atom stereocenters. The molecule has 9 heteroatoms. The van der Waals surface area contributed by atoms with Crippen LogP contribution in [-0.4, -0.2) is 49.4 Å². The van der Waals surface area contributed by atoms with Crippen LogP contribution in [-0.2, 0) is 16.1 Å². The predicted octanol–water partition coefficient (Wildman–Crippen LogP) is 2.93. The molecule has 0 bridgehead atoms. The monoisotopic (exact) mass is 413 g/mol. The average Bonchev–Trinajstić information content (AvgIpc) is 3.29. The van der Waals surface area contributed by atoms with Gasteiger partial charge in [-0.2, -0.15) is 4.68 Å². The summed E-state index contributed by atoms with van der Waals surface area (Å²) in [4.78, 5) is 24.3. The van der Waals surface area contributed by atoms with Crippen molar-refractivity contribution in [3.8, 4) is 5.69 Å². The molecule has 0 radical (unpaired) electrons. The minimum Gasteiger partial charge on any atom is -0.469 e. The number of Topliss-reactive ketones (excluding diaryl/α,β-unsaturated/α-hetero) is 1. The first kappa shape index (κ1) is 20.8. The SMILES string of the molecule is COC(=O)CCn1c(C)cc(C(=O)CSc2nnnn2-c2ccccc2C)c1C. The molecule has 0 spiro atoms. The third-order valence-electron chi connectivity index (χ3n) is 4.76. The highest BCUT2D eigenvalue weighted by Crippen LogP contribution is 2.23. The quantitative estimate of drug-likeness (QED) is 0.318. The maximum Gasteiger partial charge on any atom is 0.307 e. The first-order valence-corrected chi connectivity index (χ1v) is 10.1. The van der Waals surface area contributed by atoms with Crippen molar-refractivity contribution < 1.29 is 14.3 Å². The molecule has 3 aromatic rings. The zero-order chi connectivity index (χ0) is 21.0. The Morgan fingerprint density at radius 2 is 1.93 bits per heavy atom. The van der Waals surface area contributed by atoms with Crippen molar-refractivity contribution in [2.24, 2.45) is 0 Å². The van der Waals surface area contributed by atoms with Gasteiger partial charge in [0, 0.05) is 23.5 Å². The molecule has 1 aromatic carbocycles. The van der Waals surface area contributed by atoms with Gasteiger partial charge in [-0.1, -0.05) is 30.0 Å². The lowest BCUT2D eigenvalue weighted by Crippen LogP contribution is -2.11. The Labute approximate surface area is 173 Å². The van der Waals surface area contributed by atoms with E-state index in [1.165, 1.54) is 18.9 Å². The van der Waals surface area contributed by atoms with Gasteiger partial charge in [0.1, 0.15) is 0 Å². The smallest absolute Gasteiger partial charge is 0.307 e. The van der Waals surface area contributed by atoms with Crippen LogP contribution in [0.3, 0.4) is 0 Å². The molecule has 8 nitrogen and oxygen atoms in total. The van der Waals surface area contributed by atoms with E-state index in [-0.39, 0.29) is 23.9 Å². The van der Waals surface area contributed by atoms with Crippen LogP contribution in [0, 0.1) is 20.8 Å². The third-order valence-corrected chi connectivity index (χ3v) is 5.68. The minimum atomic E-state index is -0.274. The first-order chi connectivity index (χ1) is 13.9. The van der Waals surface area contributed by atoms with Crippen molar-refractivity contribution in [3.63, 3.8) is 0 Å².